The van der Waals surface area contributed by atoms with Gasteiger partial charge in [0.15, 0.2) is 0 Å². The van der Waals surface area contributed by atoms with Crippen LogP contribution in [0.2, 0.25) is 0 Å². The Hall–Kier alpha value is -3.86. The molecule has 3 aromatic carbocycles. The Morgan fingerprint density at radius 3 is 2.16 bits per heavy atom. The number of nitrogens with zero attached hydrogens (tertiary/aromatic N) is 2. The van der Waals surface area contributed by atoms with E-state index in [1.54, 1.807) is 7.11 Å². The lowest BCUT2D eigenvalue weighted by atomic mass is 9.90. The Morgan fingerprint density at radius 2 is 1.47 bits per heavy atom. The van der Waals surface area contributed by atoms with Gasteiger partial charge in [0.05, 0.1) is 26.3 Å². The smallest absolute Gasteiger partial charge is 0.119 e. The maximum absolute atomic E-state index is 6.02. The van der Waals surface area contributed by atoms with Gasteiger partial charge in [-0.3, -0.25) is 0 Å². The van der Waals surface area contributed by atoms with E-state index in [4.69, 9.17) is 14.2 Å². The summed E-state index contributed by atoms with van der Waals surface area (Å²) in [4.78, 5) is 2.45. The Balaban J connectivity index is 1.36. The number of aryl methyl sites for hydroxylation is 1. The molecule has 4 aromatic rings. The Labute approximate surface area is 226 Å². The lowest BCUT2D eigenvalue weighted by Crippen LogP contribution is -2.29. The Bertz CT molecular complexity index is 1280. The Kier molecular flexibility index (Phi) is 8.22. The normalized spacial score (nSPS) is 14.8. The minimum absolute atomic E-state index is 0.223. The molecule has 1 aliphatic heterocycles. The summed E-state index contributed by atoms with van der Waals surface area (Å²) in [7, 11) is 1.73. The molecule has 0 bridgehead atoms. The molecule has 1 unspecified atom stereocenters. The first-order valence-corrected chi connectivity index (χ1v) is 13.6. The molecule has 0 radical (unpaired) electrons. The maximum Gasteiger partial charge on any atom is 0.119 e. The van der Waals surface area contributed by atoms with E-state index in [0.29, 0.717) is 12.5 Å². The molecule has 5 rings (SSSR count). The number of aromatic nitrogens is 1. The molecule has 2 heterocycles. The number of hydrogen-bond acceptors (Lipinski definition) is 4. The fourth-order valence-electron chi connectivity index (χ4n) is 5.04. The van der Waals surface area contributed by atoms with Gasteiger partial charge < -0.3 is 23.7 Å². The van der Waals surface area contributed by atoms with Crippen LogP contribution in [0.25, 0.3) is 0 Å². The first kappa shape index (κ1) is 25.8. The first-order chi connectivity index (χ1) is 18.6. The number of benzene rings is 3. The monoisotopic (exact) mass is 510 g/mol. The van der Waals surface area contributed by atoms with Crippen molar-refractivity contribution in [2.75, 3.05) is 25.2 Å². The van der Waals surface area contributed by atoms with Crippen LogP contribution in [0.3, 0.4) is 0 Å². The molecule has 198 valence electrons. The zero-order valence-corrected chi connectivity index (χ0v) is 22.7. The number of rotatable bonds is 11. The molecule has 0 amide bonds. The fourth-order valence-corrected chi connectivity index (χ4v) is 5.04. The SMILES string of the molecule is COc1ccc2c(c1)CCC(c1ccc(OCCC(C)C)cc1)N2c1ccc(OCCn2cccc2)cc1. The highest BCUT2D eigenvalue weighted by atomic mass is 16.5. The van der Waals surface area contributed by atoms with Crippen LogP contribution < -0.4 is 19.1 Å². The molecule has 1 atom stereocenters. The van der Waals surface area contributed by atoms with Crippen molar-refractivity contribution in [2.45, 2.75) is 45.7 Å². The van der Waals surface area contributed by atoms with Crippen molar-refractivity contribution in [2.24, 2.45) is 5.92 Å². The summed E-state index contributed by atoms with van der Waals surface area (Å²) < 4.78 is 19.6. The molecule has 0 N–H and O–H groups in total. The molecule has 5 heteroatoms. The highest BCUT2D eigenvalue weighted by molar-refractivity contribution is 5.71. The van der Waals surface area contributed by atoms with Crippen molar-refractivity contribution >= 4 is 11.4 Å². The molecule has 5 nitrogen and oxygen atoms in total. The van der Waals surface area contributed by atoms with E-state index in [2.05, 4.69) is 102 Å². The summed E-state index contributed by atoms with van der Waals surface area (Å²) in [5, 5.41) is 0. The number of hydrogen-bond donors (Lipinski definition) is 0. The van der Waals surface area contributed by atoms with E-state index >= 15 is 0 Å². The van der Waals surface area contributed by atoms with Crippen LogP contribution in [0.15, 0.2) is 91.3 Å². The van der Waals surface area contributed by atoms with Gasteiger partial charge in [-0.05, 0) is 103 Å². The van der Waals surface area contributed by atoms with E-state index in [0.717, 1.165) is 55.4 Å². The van der Waals surface area contributed by atoms with Crippen LogP contribution >= 0.6 is 0 Å². The van der Waals surface area contributed by atoms with Crippen molar-refractivity contribution in [1.82, 2.24) is 4.57 Å². The predicted octanol–water partition coefficient (Wildman–Crippen LogP) is 7.83. The topological polar surface area (TPSA) is 35.9 Å². The van der Waals surface area contributed by atoms with Crippen LogP contribution in [0.4, 0.5) is 11.4 Å². The fraction of sp³-hybridized carbons (Fsp3) is 0.333. The maximum atomic E-state index is 6.02. The summed E-state index contributed by atoms with van der Waals surface area (Å²) in [6.45, 7) is 6.66. The summed E-state index contributed by atoms with van der Waals surface area (Å²) in [5.74, 6) is 3.35. The summed E-state index contributed by atoms with van der Waals surface area (Å²) in [6.07, 6.45) is 7.19. The largest absolute Gasteiger partial charge is 0.497 e. The third kappa shape index (κ3) is 6.16. The number of anilines is 2. The number of methoxy groups -OCH3 is 1. The second kappa shape index (κ2) is 12.1. The van der Waals surface area contributed by atoms with Crippen LogP contribution in [-0.4, -0.2) is 24.9 Å². The van der Waals surface area contributed by atoms with Gasteiger partial charge in [0.25, 0.3) is 0 Å². The minimum Gasteiger partial charge on any atom is -0.497 e. The summed E-state index contributed by atoms with van der Waals surface area (Å²) >= 11 is 0. The zero-order chi connectivity index (χ0) is 26.3. The van der Waals surface area contributed by atoms with Gasteiger partial charge in [0, 0.05) is 23.8 Å². The highest BCUT2D eigenvalue weighted by Crippen LogP contribution is 2.45. The highest BCUT2D eigenvalue weighted by Gasteiger charge is 2.29. The van der Waals surface area contributed by atoms with Gasteiger partial charge >= 0.3 is 0 Å². The van der Waals surface area contributed by atoms with E-state index in [-0.39, 0.29) is 6.04 Å². The lowest BCUT2D eigenvalue weighted by Gasteiger charge is -2.39. The number of fused-ring (bicyclic) bond motifs is 1. The van der Waals surface area contributed by atoms with Crippen molar-refractivity contribution in [1.29, 1.82) is 0 Å². The molecular weight excluding hydrogens is 472 g/mol. The van der Waals surface area contributed by atoms with Gasteiger partial charge in [-0.1, -0.05) is 26.0 Å². The van der Waals surface area contributed by atoms with Gasteiger partial charge in [0.1, 0.15) is 23.9 Å². The second-order valence-electron chi connectivity index (χ2n) is 10.3. The molecule has 0 saturated carbocycles. The molecule has 38 heavy (non-hydrogen) atoms. The lowest BCUT2D eigenvalue weighted by molar-refractivity contribution is 0.289. The van der Waals surface area contributed by atoms with Gasteiger partial charge in [-0.25, -0.2) is 0 Å². The first-order valence-electron chi connectivity index (χ1n) is 13.6. The van der Waals surface area contributed by atoms with Crippen LogP contribution in [0.5, 0.6) is 17.2 Å². The standard InChI is InChI=1S/C33H38N2O3/c1-25(2)18-22-37-29-11-6-26(7-12-29)32-16-8-27-24-31(36-3)15-17-33(27)35(32)28-9-13-30(14-10-28)38-23-21-34-19-4-5-20-34/h4-7,9-15,17,19-20,24-25,32H,8,16,18,21-23H2,1-3H3. The van der Waals surface area contributed by atoms with Gasteiger partial charge in [-0.2, -0.15) is 0 Å². The molecular formula is C33H38N2O3. The minimum atomic E-state index is 0.223. The average molecular weight is 511 g/mol. The van der Waals surface area contributed by atoms with Crippen molar-refractivity contribution in [3.63, 3.8) is 0 Å². The molecule has 0 fully saturated rings. The van der Waals surface area contributed by atoms with E-state index in [1.807, 2.05) is 12.1 Å². The summed E-state index contributed by atoms with van der Waals surface area (Å²) in [6, 6.07) is 27.8. The van der Waals surface area contributed by atoms with Crippen LogP contribution in [0.1, 0.15) is 43.9 Å². The van der Waals surface area contributed by atoms with E-state index in [9.17, 15) is 0 Å². The second-order valence-corrected chi connectivity index (χ2v) is 10.3. The molecule has 0 aliphatic carbocycles. The zero-order valence-electron chi connectivity index (χ0n) is 22.7. The molecule has 0 saturated heterocycles. The van der Waals surface area contributed by atoms with Crippen molar-refractivity contribution in [3.8, 4) is 17.2 Å². The van der Waals surface area contributed by atoms with Crippen molar-refractivity contribution in [3.05, 3.63) is 102 Å². The van der Waals surface area contributed by atoms with Gasteiger partial charge in [-0.15, -0.1) is 0 Å². The average Bonchev–Trinajstić information content (AvgIpc) is 3.46. The van der Waals surface area contributed by atoms with E-state index in [1.165, 1.54) is 16.8 Å². The molecule has 1 aliphatic rings. The Morgan fingerprint density at radius 1 is 0.816 bits per heavy atom. The number of ether oxygens (including phenoxy) is 3. The predicted molar refractivity (Wildman–Crippen MR) is 154 cm³/mol. The molecule has 1 aromatic heterocycles. The van der Waals surface area contributed by atoms with Crippen LogP contribution in [-0.2, 0) is 13.0 Å². The quantitative estimate of drug-likeness (QED) is 0.206. The van der Waals surface area contributed by atoms with E-state index < -0.39 is 0 Å². The molecule has 0 spiro atoms. The van der Waals surface area contributed by atoms with Crippen molar-refractivity contribution < 1.29 is 14.2 Å². The van der Waals surface area contributed by atoms with Crippen LogP contribution in [0, 0.1) is 5.92 Å². The van der Waals surface area contributed by atoms with Gasteiger partial charge in [0.2, 0.25) is 0 Å². The summed E-state index contributed by atoms with van der Waals surface area (Å²) in [5.41, 5.74) is 4.97. The third-order valence-corrected chi connectivity index (χ3v) is 7.17. The third-order valence-electron chi connectivity index (χ3n) is 7.17.